The Labute approximate surface area is 443 Å². The Morgan fingerprint density at radius 1 is 0.595 bits per heavy atom. The lowest BCUT2D eigenvalue weighted by molar-refractivity contribution is 0.0800. The van der Waals surface area contributed by atoms with Crippen LogP contribution in [0.1, 0.15) is 213 Å². The van der Waals surface area contributed by atoms with E-state index in [2.05, 4.69) is 38.4 Å². The fourth-order valence-corrected chi connectivity index (χ4v) is 10.2. The van der Waals surface area contributed by atoms with E-state index in [4.69, 9.17) is 14.2 Å². The number of carbonyl (C=O) groups is 3. The molecule has 3 N–H and O–H groups in total. The third-order valence-corrected chi connectivity index (χ3v) is 14.1. The predicted octanol–water partition coefficient (Wildman–Crippen LogP) is 13.0. The molecule has 3 aromatic rings. The number of pyridine rings is 3. The summed E-state index contributed by atoms with van der Waals surface area (Å²) < 4.78 is 17.7. The first kappa shape index (κ1) is 61.1. The maximum atomic E-state index is 11.3. The van der Waals surface area contributed by atoms with Crippen molar-refractivity contribution in [3.05, 3.63) is 116 Å². The van der Waals surface area contributed by atoms with Gasteiger partial charge in [-0.25, -0.2) is 20.4 Å². The molecule has 13 nitrogen and oxygen atoms in total. The lowest BCUT2D eigenvalue weighted by atomic mass is 9.80. The third kappa shape index (κ3) is 17.6. The Bertz CT molecular complexity index is 2430. The maximum absolute atomic E-state index is 11.3. The van der Waals surface area contributed by atoms with Gasteiger partial charge in [0.15, 0.2) is 18.9 Å². The molecule has 4 heterocycles. The number of aromatic nitrogens is 3. The fraction of sp³-hybridized carbons (Fsp3) is 0.574. The first-order valence-electron chi connectivity index (χ1n) is 27.6. The Hall–Kier alpha value is -5.50. The van der Waals surface area contributed by atoms with Crippen molar-refractivity contribution in [2.45, 2.75) is 203 Å². The third-order valence-electron chi connectivity index (χ3n) is 14.1. The SMILES string of the molecule is CC.CC.CCCC(C)(O)C1=C(COc2ccc(C)nc2C=O)CCCC1.Cc1ccc(OCC2=C(C(C)(C)O)CCCC2)c(C=O)n1.Cc1ccc(OCC2=C(C3=CCNN3C3CCC3)CCCC2)c(C=O)n1. The molecule has 8 rings (SSSR count). The zero-order valence-corrected chi connectivity index (χ0v) is 46.8. The minimum absolute atomic E-state index is 0.330. The summed E-state index contributed by atoms with van der Waals surface area (Å²) in [5.74, 6) is 1.60. The molecule has 0 amide bonds. The first-order valence-corrected chi connectivity index (χ1v) is 27.6. The van der Waals surface area contributed by atoms with E-state index in [1.165, 1.54) is 54.5 Å². The summed E-state index contributed by atoms with van der Waals surface area (Å²) in [5.41, 5.74) is 14.1. The second-order valence-electron chi connectivity index (χ2n) is 20.1. The van der Waals surface area contributed by atoms with E-state index in [-0.39, 0.29) is 0 Å². The summed E-state index contributed by atoms with van der Waals surface area (Å²) in [5, 5.41) is 23.4. The van der Waals surface area contributed by atoms with Gasteiger partial charge >= 0.3 is 0 Å². The number of nitrogens with zero attached hydrogens (tertiary/aromatic N) is 4. The number of hydrazine groups is 1. The van der Waals surface area contributed by atoms with Crippen LogP contribution in [0.15, 0.2) is 81.6 Å². The molecule has 1 saturated carbocycles. The minimum atomic E-state index is -0.807. The number of carbonyl (C=O) groups excluding carboxylic acids is 3. The number of ether oxygens (including phenoxy) is 3. The van der Waals surface area contributed by atoms with Gasteiger partial charge in [0.1, 0.15) is 54.2 Å². The summed E-state index contributed by atoms with van der Waals surface area (Å²) in [7, 11) is 0. The molecule has 13 heteroatoms. The van der Waals surface area contributed by atoms with E-state index >= 15 is 0 Å². The molecule has 406 valence electrons. The number of allylic oxidation sites excluding steroid dienone is 1. The average molecular weight is 1020 g/mol. The Balaban J connectivity index is 0.000000234. The predicted molar refractivity (Wildman–Crippen MR) is 296 cm³/mol. The van der Waals surface area contributed by atoms with E-state index in [1.807, 2.05) is 93.5 Å². The summed E-state index contributed by atoms with van der Waals surface area (Å²) in [4.78, 5) is 46.1. The van der Waals surface area contributed by atoms with E-state index in [0.29, 0.717) is 66.5 Å². The Kier molecular flexibility index (Phi) is 25.4. The number of rotatable bonds is 18. The molecule has 1 unspecified atom stereocenters. The van der Waals surface area contributed by atoms with E-state index in [9.17, 15) is 24.6 Å². The molecule has 4 aliphatic carbocycles. The molecule has 1 fully saturated rings. The molecule has 5 aliphatic rings. The summed E-state index contributed by atoms with van der Waals surface area (Å²) in [6.07, 6.45) is 23.0. The van der Waals surface area contributed by atoms with Gasteiger partial charge in [0.2, 0.25) is 0 Å². The van der Waals surface area contributed by atoms with Gasteiger partial charge in [-0.3, -0.25) is 14.4 Å². The van der Waals surface area contributed by atoms with Gasteiger partial charge in [-0.1, -0.05) is 41.0 Å². The van der Waals surface area contributed by atoms with Gasteiger partial charge in [0.05, 0.1) is 16.9 Å². The van der Waals surface area contributed by atoms with Crippen LogP contribution in [-0.2, 0) is 0 Å². The standard InChI is InChI=1S/C21H27N3O2.C19H27NO3.C17H23NO3.2C2H6/c1-15-9-10-21(19(13-25)23-15)26-14-16-5-2-3-8-18(16)20-11-12-22-24(20)17-6-4-7-17;1-4-11-19(3,22)16-8-6-5-7-15(16)13-23-18-10-9-14(2)20-17(18)12-21;1-12-8-9-16(15(10-19)18-12)21-11-13-6-4-5-7-14(13)17(2,3)20;2*1-2/h9-11,13,17,22H,2-8,12,14H2,1H3;9-10,12,22H,4-8,11,13H2,1-3H3;8-10,20H,4-7,11H2,1-3H3;2*1-2H3. The number of aldehydes is 3. The zero-order chi connectivity index (χ0) is 54.3. The van der Waals surface area contributed by atoms with Crippen LogP contribution in [0.4, 0.5) is 0 Å². The molecule has 3 aromatic heterocycles. The van der Waals surface area contributed by atoms with Gasteiger partial charge in [0.25, 0.3) is 0 Å². The van der Waals surface area contributed by atoms with Crippen LogP contribution in [0, 0.1) is 20.8 Å². The van der Waals surface area contributed by atoms with Gasteiger partial charge in [0, 0.05) is 29.7 Å². The summed E-state index contributed by atoms with van der Waals surface area (Å²) in [6, 6.07) is 11.6. The van der Waals surface area contributed by atoms with Crippen molar-refractivity contribution < 1.29 is 38.8 Å². The normalized spacial score (nSPS) is 17.5. The molecule has 0 radical (unpaired) electrons. The highest BCUT2D eigenvalue weighted by Gasteiger charge is 2.33. The van der Waals surface area contributed by atoms with Crippen LogP contribution < -0.4 is 19.6 Å². The summed E-state index contributed by atoms with van der Waals surface area (Å²) >= 11 is 0. The molecule has 0 bridgehead atoms. The van der Waals surface area contributed by atoms with Crippen LogP contribution in [0.5, 0.6) is 17.2 Å². The van der Waals surface area contributed by atoms with Gasteiger partial charge in [-0.05, 0) is 220 Å². The molecule has 0 saturated heterocycles. The maximum Gasteiger partial charge on any atom is 0.172 e. The molecule has 74 heavy (non-hydrogen) atoms. The van der Waals surface area contributed by atoms with Crippen molar-refractivity contribution in [3.63, 3.8) is 0 Å². The van der Waals surface area contributed by atoms with Crippen molar-refractivity contribution >= 4 is 18.9 Å². The largest absolute Gasteiger partial charge is 0.487 e. The lowest BCUT2D eigenvalue weighted by Gasteiger charge is -2.39. The van der Waals surface area contributed by atoms with E-state index in [0.717, 1.165) is 130 Å². The highest BCUT2D eigenvalue weighted by Crippen LogP contribution is 2.38. The van der Waals surface area contributed by atoms with Crippen LogP contribution in [0.3, 0.4) is 0 Å². The smallest absolute Gasteiger partial charge is 0.172 e. The number of aryl methyl sites for hydroxylation is 3. The Morgan fingerprint density at radius 2 is 1.00 bits per heavy atom. The van der Waals surface area contributed by atoms with E-state index < -0.39 is 11.2 Å². The van der Waals surface area contributed by atoms with E-state index in [1.54, 1.807) is 12.1 Å². The number of aliphatic hydroxyl groups is 2. The Morgan fingerprint density at radius 3 is 1.42 bits per heavy atom. The zero-order valence-electron chi connectivity index (χ0n) is 46.8. The summed E-state index contributed by atoms with van der Waals surface area (Å²) in [6.45, 7) is 23.5. The van der Waals surface area contributed by atoms with Crippen LogP contribution in [0.25, 0.3) is 0 Å². The second kappa shape index (κ2) is 30.8. The van der Waals surface area contributed by atoms with Crippen molar-refractivity contribution in [1.82, 2.24) is 25.4 Å². The van der Waals surface area contributed by atoms with Crippen molar-refractivity contribution in [2.24, 2.45) is 0 Å². The lowest BCUT2D eigenvalue weighted by Crippen LogP contribution is -2.45. The van der Waals surface area contributed by atoms with Gasteiger partial charge in [-0.2, -0.15) is 0 Å². The average Bonchev–Trinajstić information content (AvgIpc) is 3.87. The fourth-order valence-electron chi connectivity index (χ4n) is 10.2. The molecular weight excluding hydrogens is 931 g/mol. The van der Waals surface area contributed by atoms with Crippen LogP contribution in [0.2, 0.25) is 0 Å². The molecule has 1 aliphatic heterocycles. The molecule has 1 atom stereocenters. The first-order chi connectivity index (χ1) is 35.6. The highest BCUT2D eigenvalue weighted by atomic mass is 16.5. The number of nitrogens with one attached hydrogen (secondary N) is 1. The van der Waals surface area contributed by atoms with Gasteiger partial charge < -0.3 is 29.4 Å². The number of hydrogen-bond acceptors (Lipinski definition) is 13. The number of hydrogen-bond donors (Lipinski definition) is 3. The van der Waals surface area contributed by atoms with Gasteiger partial charge in [-0.15, -0.1) is 0 Å². The molecular formula is C61H89N5O8. The second-order valence-corrected chi connectivity index (χ2v) is 20.1. The topological polar surface area (TPSA) is 173 Å². The minimum Gasteiger partial charge on any atom is -0.487 e. The highest BCUT2D eigenvalue weighted by molar-refractivity contribution is 5.77. The quantitative estimate of drug-likeness (QED) is 0.0812. The van der Waals surface area contributed by atoms with Crippen LogP contribution in [-0.4, -0.2) is 92.6 Å². The van der Waals surface area contributed by atoms with Crippen molar-refractivity contribution in [3.8, 4) is 17.2 Å². The van der Waals surface area contributed by atoms with Crippen molar-refractivity contribution in [2.75, 3.05) is 26.4 Å². The molecule has 0 spiro atoms. The van der Waals surface area contributed by atoms with Crippen LogP contribution >= 0.6 is 0 Å². The molecule has 0 aromatic carbocycles. The van der Waals surface area contributed by atoms with Crippen molar-refractivity contribution in [1.29, 1.82) is 0 Å². The monoisotopic (exact) mass is 1020 g/mol.